The lowest BCUT2D eigenvalue weighted by Gasteiger charge is -2.54. The monoisotopic (exact) mass is 1440 g/mol. The van der Waals surface area contributed by atoms with E-state index >= 15 is 0 Å². The minimum absolute atomic E-state index is 0.187. The maximum absolute atomic E-state index is 11.2. The van der Waals surface area contributed by atoms with Crippen molar-refractivity contribution >= 4 is 93.4 Å². The van der Waals surface area contributed by atoms with Crippen molar-refractivity contribution < 1.29 is 91.9 Å². The average Bonchev–Trinajstić information content (AvgIpc) is 0.953. The van der Waals surface area contributed by atoms with E-state index in [-0.39, 0.29) is 24.7 Å². The molecule has 6 aliphatic rings. The first-order valence-corrected chi connectivity index (χ1v) is 37.3. The molecule has 3 aromatic heterocycles. The lowest BCUT2D eigenvalue weighted by atomic mass is 9.65. The van der Waals surface area contributed by atoms with Crippen LogP contribution >= 0.6 is 47.0 Å². The molecule has 0 spiro atoms. The number of fused-ring (bicyclic) bond motifs is 8. The van der Waals surface area contributed by atoms with E-state index in [0.29, 0.717) is 80.3 Å². The van der Waals surface area contributed by atoms with Gasteiger partial charge in [0.2, 0.25) is 0 Å². The van der Waals surface area contributed by atoms with Gasteiger partial charge in [-0.25, -0.2) is 9.97 Å². The van der Waals surface area contributed by atoms with E-state index in [1.165, 1.54) is 23.5 Å². The molecule has 0 radical (unpaired) electrons. The molecule has 22 nitrogen and oxygen atoms in total. The van der Waals surface area contributed by atoms with Gasteiger partial charge in [0.1, 0.15) is 46.5 Å². The second-order valence-corrected chi connectivity index (χ2v) is 31.4. The number of hydrogen-bond acceptors (Lipinski definition) is 24. The second kappa shape index (κ2) is 30.1. The fourth-order valence-corrected chi connectivity index (χ4v) is 19.6. The Hall–Kier alpha value is -5.84. The van der Waals surface area contributed by atoms with Crippen LogP contribution in [0.2, 0.25) is 0 Å². The van der Waals surface area contributed by atoms with Crippen LogP contribution in [0.1, 0.15) is 57.9 Å². The minimum atomic E-state index is -2.13. The molecule has 2 aliphatic heterocycles. The molecule has 26 heteroatoms. The number of aromatic nitrogens is 4. The Balaban J connectivity index is 0.937. The van der Waals surface area contributed by atoms with Crippen molar-refractivity contribution in [3.8, 4) is 44.5 Å². The Labute approximate surface area is 592 Å². The van der Waals surface area contributed by atoms with Crippen molar-refractivity contribution in [2.24, 2.45) is 23.7 Å². The highest BCUT2D eigenvalue weighted by molar-refractivity contribution is 7.99. The van der Waals surface area contributed by atoms with Crippen molar-refractivity contribution in [2.75, 3.05) is 26.4 Å². The summed E-state index contributed by atoms with van der Waals surface area (Å²) in [6.07, 6.45) is -5.37. The number of aromatic amines is 2. The third kappa shape index (κ3) is 13.5. The Morgan fingerprint density at radius 1 is 0.360 bits per heavy atom. The number of rotatable bonds is 22. The smallest absolute Gasteiger partial charge is 0.136 e. The fraction of sp³-hybridized carbons (Fsp3) is 0.405. The number of aliphatic hydroxyl groups excluding tert-OH is 16. The van der Waals surface area contributed by atoms with E-state index < -0.39 is 130 Å². The molecular weight excluding hydrogens is 1360 g/mol. The van der Waals surface area contributed by atoms with E-state index in [9.17, 15) is 91.9 Å². The predicted molar refractivity (Wildman–Crippen MR) is 387 cm³/mol. The lowest BCUT2D eigenvalue weighted by molar-refractivity contribution is -0.286. The molecule has 4 aromatic carbocycles. The summed E-state index contributed by atoms with van der Waals surface area (Å²) in [6, 6.07) is 39.0. The number of benzene rings is 4. The van der Waals surface area contributed by atoms with Crippen molar-refractivity contribution in [1.29, 1.82) is 0 Å². The van der Waals surface area contributed by atoms with Gasteiger partial charge in [-0.15, -0.1) is 23.5 Å². The van der Waals surface area contributed by atoms with E-state index in [1.54, 1.807) is 0 Å². The topological polar surface area (TPSA) is 422 Å². The summed E-state index contributed by atoms with van der Waals surface area (Å²) in [5.41, 5.74) is 7.09. The Morgan fingerprint density at radius 3 is 0.910 bits per heavy atom. The predicted octanol–water partition coefficient (Wildman–Crippen LogP) is 3.97. The first-order chi connectivity index (χ1) is 48.1. The normalized spacial score (nSPS) is 30.8. The lowest BCUT2D eigenvalue weighted by Crippen LogP contribution is -2.75. The Morgan fingerprint density at radius 2 is 0.640 bits per heavy atom. The van der Waals surface area contributed by atoms with Gasteiger partial charge in [0.05, 0.1) is 72.6 Å². The number of aliphatic hydroxyl groups is 18. The van der Waals surface area contributed by atoms with Crippen molar-refractivity contribution in [3.05, 3.63) is 166 Å². The van der Waals surface area contributed by atoms with E-state index in [2.05, 4.69) is 9.97 Å². The van der Waals surface area contributed by atoms with Gasteiger partial charge in [-0.2, -0.15) is 23.5 Å². The summed E-state index contributed by atoms with van der Waals surface area (Å²) in [5, 5.41) is 189. The molecule has 13 rings (SSSR count). The summed E-state index contributed by atoms with van der Waals surface area (Å²) in [4.78, 5) is 18.5. The molecule has 530 valence electrons. The van der Waals surface area contributed by atoms with Gasteiger partial charge in [-0.3, -0.25) is 0 Å². The third-order valence-electron chi connectivity index (χ3n) is 20.9. The van der Waals surface area contributed by atoms with Crippen molar-refractivity contribution in [2.45, 2.75) is 129 Å². The minimum Gasteiger partial charge on any atom is -0.396 e. The maximum Gasteiger partial charge on any atom is 0.136 e. The number of thioether (sulfide) groups is 4. The summed E-state index contributed by atoms with van der Waals surface area (Å²) in [7, 11) is 0. The van der Waals surface area contributed by atoms with E-state index in [0.717, 1.165) is 79.2 Å². The number of H-pyrrole nitrogens is 2. The molecular formula is C74H82N4O18S4. The van der Waals surface area contributed by atoms with E-state index in [1.807, 2.05) is 146 Å². The highest BCUT2D eigenvalue weighted by Gasteiger charge is 2.65. The second-order valence-electron chi connectivity index (χ2n) is 26.8. The highest BCUT2D eigenvalue weighted by Crippen LogP contribution is 2.48. The molecule has 4 saturated carbocycles. The van der Waals surface area contributed by atoms with Gasteiger partial charge in [0, 0.05) is 115 Å². The van der Waals surface area contributed by atoms with Crippen LogP contribution in [-0.2, 0) is 23.0 Å². The summed E-state index contributed by atoms with van der Waals surface area (Å²) in [5.74, 6) is -2.17. The Bertz CT molecular complexity index is 3840. The summed E-state index contributed by atoms with van der Waals surface area (Å²) >= 11 is 4.78. The van der Waals surface area contributed by atoms with Crippen LogP contribution in [0.15, 0.2) is 121 Å². The molecule has 4 aliphatic carbocycles. The molecule has 4 fully saturated rings. The van der Waals surface area contributed by atoms with Crippen LogP contribution in [0.4, 0.5) is 0 Å². The van der Waals surface area contributed by atoms with Gasteiger partial charge in [-0.1, -0.05) is 97.1 Å². The molecule has 0 saturated heterocycles. The zero-order chi connectivity index (χ0) is 70.6. The average molecular weight is 1440 g/mol. The molecule has 8 bridgehead atoms. The summed E-state index contributed by atoms with van der Waals surface area (Å²) in [6.45, 7) is -1.94. The molecule has 0 amide bonds. The zero-order valence-electron chi connectivity index (χ0n) is 53.9. The van der Waals surface area contributed by atoms with Crippen LogP contribution in [0.3, 0.4) is 0 Å². The van der Waals surface area contributed by atoms with Crippen molar-refractivity contribution in [3.63, 3.8) is 0 Å². The van der Waals surface area contributed by atoms with Crippen LogP contribution in [0, 0.1) is 23.7 Å². The Kier molecular flexibility index (Phi) is 21.8. The van der Waals surface area contributed by atoms with Gasteiger partial charge >= 0.3 is 0 Å². The molecule has 20 unspecified atom stereocenters. The first-order valence-electron chi connectivity index (χ1n) is 33.1. The van der Waals surface area contributed by atoms with Crippen LogP contribution in [0.5, 0.6) is 0 Å². The first kappa shape index (κ1) is 72.5. The van der Waals surface area contributed by atoms with Crippen LogP contribution in [-0.4, -0.2) is 232 Å². The van der Waals surface area contributed by atoms with Crippen LogP contribution < -0.4 is 0 Å². The number of nitrogens with zero attached hydrogens (tertiary/aromatic N) is 2. The van der Waals surface area contributed by atoms with Gasteiger partial charge in [0.25, 0.3) is 0 Å². The quantitative estimate of drug-likeness (QED) is 0.0427. The zero-order valence-corrected chi connectivity index (χ0v) is 57.2. The standard InChI is InChI=1S/C74H82N4O18S4/c79-27-43-25-55(65(87)67(89)61(43)83)97-31-35-1-9-39(10-2-35)57-47-17-18-48(75-47)58(40-11-3-36(4-12-40)32-98-56-26-44(28-80)62(84)68(90)66(56)88)50-20-22-52(77-50)60(42-15-7-38(8-16-42)34-100-72(94)74(96)46(30-82)64(86)70(74)92)54-24-23-53(78-54)59(51-21-19-49(57)76-51)41-13-5-37(6-14-41)33-99-71(93)73(95)45(29-81)63(85)69(73)91/h1-24,43-46,55-56,61-72,76-77,79-96H,25-34H2. The summed E-state index contributed by atoms with van der Waals surface area (Å²) < 4.78 is 0. The maximum atomic E-state index is 11.2. The van der Waals surface area contributed by atoms with Gasteiger partial charge in [0.15, 0.2) is 0 Å². The molecule has 20 atom stereocenters. The fourth-order valence-electron chi connectivity index (χ4n) is 14.7. The van der Waals surface area contributed by atoms with Crippen LogP contribution in [0.25, 0.3) is 90.9 Å². The number of hydrogen-bond donors (Lipinski definition) is 20. The molecule has 7 aromatic rings. The molecule has 5 heterocycles. The van der Waals surface area contributed by atoms with Crippen molar-refractivity contribution in [1.82, 2.24) is 19.9 Å². The number of nitrogens with one attached hydrogen (secondary N) is 2. The van der Waals surface area contributed by atoms with Gasteiger partial charge < -0.3 is 102 Å². The molecule has 100 heavy (non-hydrogen) atoms. The highest BCUT2D eigenvalue weighted by atomic mass is 32.2. The molecule has 20 N–H and O–H groups in total. The largest absolute Gasteiger partial charge is 0.396 e. The SMILES string of the molecule is OCC1CC(SCc2ccc(-c3c4nc(c(-c5ccc(CSC6CC(CO)C(O)C(O)C6O)cc5)c5ccc([nH]5)c(-c5ccc(CSC(O)C6(O)C(O)C(O)C6CO)cc5)c5nc(c(-c6ccc(CSC(O)C7(O)C(O)C(O)C7CO)cc6)c6ccc3[nH]6)C=C5)C=C4)cc2)C(O)C(O)C1O. The third-order valence-corrected chi connectivity index (χ3v) is 26.1. The van der Waals surface area contributed by atoms with E-state index in [4.69, 9.17) is 9.97 Å². The van der Waals surface area contributed by atoms with Gasteiger partial charge in [-0.05, 0) is 106 Å².